The maximum absolute atomic E-state index is 13.5. The molecule has 5 heteroatoms. The molecule has 1 amide bonds. The fourth-order valence-electron chi connectivity index (χ4n) is 5.91. The van der Waals surface area contributed by atoms with E-state index < -0.39 is 0 Å². The monoisotopic (exact) mass is 419 g/mol. The molecular weight excluding hydrogens is 386 g/mol. The average molecular weight is 420 g/mol. The summed E-state index contributed by atoms with van der Waals surface area (Å²) >= 11 is 0. The third-order valence-corrected chi connectivity index (χ3v) is 7.52. The average Bonchev–Trinajstić information content (AvgIpc) is 2.82. The van der Waals surface area contributed by atoms with Gasteiger partial charge in [-0.1, -0.05) is 30.3 Å². The van der Waals surface area contributed by atoms with Gasteiger partial charge in [-0.15, -0.1) is 0 Å². The molecule has 31 heavy (non-hydrogen) atoms. The Hall–Kier alpha value is -2.37. The molecule has 0 aliphatic carbocycles. The van der Waals surface area contributed by atoms with Gasteiger partial charge in [0.05, 0.1) is 13.2 Å². The van der Waals surface area contributed by atoms with E-state index >= 15 is 0 Å². The van der Waals surface area contributed by atoms with Crippen LogP contribution in [0.1, 0.15) is 65.3 Å². The molecule has 2 N–H and O–H groups in total. The predicted molar refractivity (Wildman–Crippen MR) is 122 cm³/mol. The molecule has 164 valence electrons. The van der Waals surface area contributed by atoms with Crippen molar-refractivity contribution in [2.45, 2.75) is 50.7 Å². The number of nitrogens with one attached hydrogen (secondary N) is 2. The number of ether oxygens (including phenoxy) is 1. The van der Waals surface area contributed by atoms with Gasteiger partial charge in [0.25, 0.3) is 5.91 Å². The maximum atomic E-state index is 13.5. The number of nitrogens with zero attached hydrogens (tertiary/aromatic N) is 1. The quantitative estimate of drug-likeness (QED) is 0.790. The maximum Gasteiger partial charge on any atom is 0.252 e. The summed E-state index contributed by atoms with van der Waals surface area (Å²) in [5, 5.41) is 7.00. The van der Waals surface area contributed by atoms with Crippen molar-refractivity contribution in [1.29, 1.82) is 0 Å². The first kappa shape index (κ1) is 20.5. The number of rotatable bonds is 4. The number of carbonyl (C=O) groups excluding carboxylic acids is 1. The molecule has 0 spiro atoms. The zero-order chi connectivity index (χ0) is 21.4. The highest BCUT2D eigenvalue weighted by molar-refractivity contribution is 5.97. The summed E-state index contributed by atoms with van der Waals surface area (Å²) in [5.41, 5.74) is 4.33. The molecule has 2 saturated heterocycles. The molecule has 0 radical (unpaired) electrons. The Morgan fingerprint density at radius 2 is 2.06 bits per heavy atom. The first-order valence-corrected chi connectivity index (χ1v) is 11.7. The first-order chi connectivity index (χ1) is 15.2. The van der Waals surface area contributed by atoms with Gasteiger partial charge in [-0.2, -0.15) is 0 Å². The van der Waals surface area contributed by atoms with Crippen molar-refractivity contribution in [2.75, 3.05) is 26.7 Å². The van der Waals surface area contributed by atoms with Crippen LogP contribution in [0.25, 0.3) is 0 Å². The SMILES string of the molecule is COc1ccc(C(=O)NC(C)c2ccccc2)c2c1CCN1C[C@@H]3CCCN[C@@H]3C[C@H]21. The number of amides is 1. The van der Waals surface area contributed by atoms with Crippen LogP contribution in [-0.4, -0.2) is 43.6 Å². The molecule has 3 aliphatic heterocycles. The van der Waals surface area contributed by atoms with Crippen molar-refractivity contribution in [2.24, 2.45) is 5.92 Å². The number of methoxy groups -OCH3 is 1. The van der Waals surface area contributed by atoms with Crippen LogP contribution >= 0.6 is 0 Å². The first-order valence-electron chi connectivity index (χ1n) is 11.7. The molecule has 0 bridgehead atoms. The van der Waals surface area contributed by atoms with E-state index in [0.29, 0.717) is 6.04 Å². The highest BCUT2D eigenvalue weighted by atomic mass is 16.5. The van der Waals surface area contributed by atoms with Crippen molar-refractivity contribution in [3.05, 3.63) is 64.7 Å². The molecule has 0 aromatic heterocycles. The van der Waals surface area contributed by atoms with Crippen molar-refractivity contribution in [3.8, 4) is 5.75 Å². The third-order valence-electron chi connectivity index (χ3n) is 7.52. The van der Waals surface area contributed by atoms with Crippen molar-refractivity contribution in [1.82, 2.24) is 15.5 Å². The highest BCUT2D eigenvalue weighted by Crippen LogP contribution is 2.44. The minimum atomic E-state index is -0.0399. The van der Waals surface area contributed by atoms with E-state index in [1.54, 1.807) is 7.11 Å². The van der Waals surface area contributed by atoms with Gasteiger partial charge < -0.3 is 15.4 Å². The second-order valence-electron chi connectivity index (χ2n) is 9.27. The number of hydrogen-bond donors (Lipinski definition) is 2. The lowest BCUT2D eigenvalue weighted by molar-refractivity contribution is 0.0538. The van der Waals surface area contributed by atoms with Crippen LogP contribution in [0.3, 0.4) is 0 Å². The van der Waals surface area contributed by atoms with Gasteiger partial charge >= 0.3 is 0 Å². The van der Waals surface area contributed by atoms with Crippen molar-refractivity contribution < 1.29 is 9.53 Å². The van der Waals surface area contributed by atoms with Gasteiger partial charge in [-0.05, 0) is 68.3 Å². The van der Waals surface area contributed by atoms with Crippen LogP contribution in [0.4, 0.5) is 0 Å². The van der Waals surface area contributed by atoms with Crippen molar-refractivity contribution in [3.63, 3.8) is 0 Å². The van der Waals surface area contributed by atoms with E-state index in [9.17, 15) is 4.79 Å². The number of carbonyl (C=O) groups is 1. The summed E-state index contributed by atoms with van der Waals surface area (Å²) in [4.78, 5) is 16.1. The van der Waals surface area contributed by atoms with Crippen LogP contribution in [0.15, 0.2) is 42.5 Å². The number of benzene rings is 2. The van der Waals surface area contributed by atoms with Gasteiger partial charge in [0, 0.05) is 36.3 Å². The summed E-state index contributed by atoms with van der Waals surface area (Å²) in [6.45, 7) is 5.33. The second-order valence-corrected chi connectivity index (χ2v) is 9.27. The lowest BCUT2D eigenvalue weighted by Crippen LogP contribution is -2.55. The Labute approximate surface area is 185 Å². The van der Waals surface area contributed by atoms with E-state index in [-0.39, 0.29) is 18.0 Å². The van der Waals surface area contributed by atoms with Gasteiger partial charge in [0.1, 0.15) is 5.75 Å². The molecule has 4 atom stereocenters. The van der Waals surface area contributed by atoms with Crippen LogP contribution < -0.4 is 15.4 Å². The topological polar surface area (TPSA) is 53.6 Å². The molecule has 5 nitrogen and oxygen atoms in total. The van der Waals surface area contributed by atoms with Gasteiger partial charge in [-0.3, -0.25) is 9.69 Å². The standard InChI is InChI=1S/C26H33N3O2/c1-17(18-7-4-3-5-8-18)28-26(30)21-10-11-24(31-2)20-12-14-29-16-19-9-6-13-27-22(19)15-23(29)25(20)21/h3-5,7-8,10-11,17,19,22-23,27H,6,9,12-16H2,1-2H3,(H,28,30)/t17?,19-,22+,23+/m0/s1. The van der Waals surface area contributed by atoms with Crippen LogP contribution in [0.2, 0.25) is 0 Å². The van der Waals surface area contributed by atoms with Crippen molar-refractivity contribution >= 4 is 5.91 Å². The molecule has 3 heterocycles. The van der Waals surface area contributed by atoms with E-state index in [1.165, 1.54) is 24.0 Å². The molecular formula is C26H33N3O2. The molecule has 2 aromatic rings. The molecule has 3 aliphatic rings. The van der Waals surface area contributed by atoms with E-state index in [4.69, 9.17) is 4.74 Å². The fourth-order valence-corrected chi connectivity index (χ4v) is 5.91. The van der Waals surface area contributed by atoms with Crippen LogP contribution in [-0.2, 0) is 6.42 Å². The largest absolute Gasteiger partial charge is 0.496 e. The van der Waals surface area contributed by atoms with E-state index in [1.807, 2.05) is 37.3 Å². The Bertz CT molecular complexity index is 945. The van der Waals surface area contributed by atoms with Gasteiger partial charge in [-0.25, -0.2) is 0 Å². The predicted octanol–water partition coefficient (Wildman–Crippen LogP) is 3.86. The highest BCUT2D eigenvalue weighted by Gasteiger charge is 2.41. The minimum absolute atomic E-state index is 0.0100. The van der Waals surface area contributed by atoms with E-state index in [2.05, 4.69) is 27.7 Å². The Morgan fingerprint density at radius 1 is 1.23 bits per heavy atom. The van der Waals surface area contributed by atoms with Gasteiger partial charge in [0.2, 0.25) is 0 Å². The Morgan fingerprint density at radius 3 is 2.87 bits per heavy atom. The lowest BCUT2D eigenvalue weighted by atomic mass is 9.76. The molecule has 5 rings (SSSR count). The zero-order valence-electron chi connectivity index (χ0n) is 18.6. The summed E-state index contributed by atoms with van der Waals surface area (Å²) in [5.74, 6) is 1.66. The summed E-state index contributed by atoms with van der Waals surface area (Å²) in [7, 11) is 1.73. The second kappa shape index (κ2) is 8.64. The minimum Gasteiger partial charge on any atom is -0.496 e. The zero-order valence-corrected chi connectivity index (χ0v) is 18.6. The molecule has 2 fully saturated rings. The lowest BCUT2D eigenvalue weighted by Gasteiger charge is -2.49. The number of hydrogen-bond acceptors (Lipinski definition) is 4. The fraction of sp³-hybridized carbons (Fsp3) is 0.500. The molecule has 1 unspecified atom stereocenters. The van der Waals surface area contributed by atoms with Crippen LogP contribution in [0.5, 0.6) is 5.75 Å². The van der Waals surface area contributed by atoms with Crippen LogP contribution in [0, 0.1) is 5.92 Å². The van der Waals surface area contributed by atoms with Gasteiger partial charge in [0.15, 0.2) is 0 Å². The number of fused-ring (bicyclic) bond motifs is 4. The summed E-state index contributed by atoms with van der Waals surface area (Å²) in [6, 6.07) is 14.9. The Kier molecular flexibility index (Phi) is 5.72. The smallest absolute Gasteiger partial charge is 0.252 e. The number of piperidine rings is 2. The normalized spacial score (nSPS) is 26.2. The van der Waals surface area contributed by atoms with E-state index in [0.717, 1.165) is 55.3 Å². The Balaban J connectivity index is 1.47. The third kappa shape index (κ3) is 3.85. The molecule has 2 aromatic carbocycles. The summed E-state index contributed by atoms with van der Waals surface area (Å²) in [6.07, 6.45) is 4.59. The molecule has 0 saturated carbocycles. The summed E-state index contributed by atoms with van der Waals surface area (Å²) < 4.78 is 5.72.